The van der Waals surface area contributed by atoms with Gasteiger partial charge in [-0.05, 0) is 46.2 Å². The van der Waals surface area contributed by atoms with Crippen LogP contribution >= 0.6 is 23.2 Å². The van der Waals surface area contributed by atoms with Gasteiger partial charge >= 0.3 is 69.5 Å². The fourth-order valence-corrected chi connectivity index (χ4v) is 4.65. The summed E-state index contributed by atoms with van der Waals surface area (Å²) in [5, 5.41) is 16.7. The van der Waals surface area contributed by atoms with E-state index in [1.165, 1.54) is 0 Å². The van der Waals surface area contributed by atoms with E-state index < -0.39 is 36.6 Å². The average molecular weight is 637 g/mol. The van der Waals surface area contributed by atoms with Crippen molar-refractivity contribution in [3.8, 4) is 11.3 Å². The molecular weight excluding hydrogens is 604 g/mol. The molecule has 0 radical (unpaired) electrons. The maximum absolute atomic E-state index is 12.4. The summed E-state index contributed by atoms with van der Waals surface area (Å²) in [4.78, 5) is 47.7. The van der Waals surface area contributed by atoms with Crippen molar-refractivity contribution in [2.24, 2.45) is 0 Å². The number of fused-ring (bicyclic) bond motifs is 1. The first-order valence-corrected chi connectivity index (χ1v) is 13.6. The summed E-state index contributed by atoms with van der Waals surface area (Å²) < 4.78 is 18.5. The molecule has 1 atom stereocenters. The first kappa shape index (κ1) is 35.4. The number of amides is 2. The van der Waals surface area contributed by atoms with Gasteiger partial charge in [-0.15, -0.1) is 0 Å². The Morgan fingerprint density at radius 1 is 0.951 bits per heavy atom. The first-order chi connectivity index (χ1) is 18.8. The number of aromatic nitrogens is 1. The van der Waals surface area contributed by atoms with E-state index in [1.54, 1.807) is 45.9 Å². The van der Waals surface area contributed by atoms with Crippen LogP contribution in [0.25, 0.3) is 11.3 Å². The summed E-state index contributed by atoms with van der Waals surface area (Å²) >= 11 is 12.5. The van der Waals surface area contributed by atoms with Crippen LogP contribution in [0, 0.1) is 0 Å². The van der Waals surface area contributed by atoms with E-state index in [9.17, 15) is 24.3 Å². The first-order valence-electron chi connectivity index (χ1n) is 12.8. The summed E-state index contributed by atoms with van der Waals surface area (Å²) in [6.45, 7) is 7.13. The number of esters is 1. The molecule has 1 unspecified atom stereocenters. The zero-order valence-electron chi connectivity index (χ0n) is 23.7. The summed E-state index contributed by atoms with van der Waals surface area (Å²) in [6, 6.07) is 4.76. The molecule has 2 N–H and O–H groups in total. The summed E-state index contributed by atoms with van der Waals surface area (Å²) in [5.74, 6) is -2.01. The van der Waals surface area contributed by atoms with Crippen LogP contribution in [0.5, 0.6) is 0 Å². The number of hydrogen-bond acceptors (Lipinski definition) is 8. The van der Waals surface area contributed by atoms with E-state index in [0.29, 0.717) is 38.1 Å². The molecule has 41 heavy (non-hydrogen) atoms. The molecule has 2 amide bonds. The van der Waals surface area contributed by atoms with Gasteiger partial charge in [-0.3, -0.25) is 4.79 Å². The summed E-state index contributed by atoms with van der Waals surface area (Å²) in [5.41, 5.74) is 3.17. The Balaban J connectivity index is 0.00000588. The number of nitrogens with zero attached hydrogens (tertiary/aromatic N) is 1. The minimum absolute atomic E-state index is 0. The Kier molecular flexibility index (Phi) is 13.9. The molecule has 0 saturated heterocycles. The molecular formula is C27H32Cl2KN3O8. The number of alkyl carbamates (subject to hydrolysis) is 2. The van der Waals surface area contributed by atoms with E-state index in [4.69, 9.17) is 37.4 Å². The number of carboxylic acid groups (broad SMARTS) is 1. The van der Waals surface area contributed by atoms with Crippen LogP contribution in [0.3, 0.4) is 0 Å². The monoisotopic (exact) mass is 635 g/mol. The molecule has 1 aromatic carbocycles. The molecule has 1 aliphatic rings. The van der Waals surface area contributed by atoms with Crippen LogP contribution in [0.1, 0.15) is 57.4 Å². The van der Waals surface area contributed by atoms with Crippen molar-refractivity contribution >= 4 is 47.3 Å². The quantitative estimate of drug-likeness (QED) is 0.209. The minimum Gasteiger partial charge on any atom is -0.550 e. The SMILES string of the molecule is CC(C)NC(=O)OCc1c(COC(=O)NC(C)C)c(-c2ccc(Cl)c(Cl)c2)n2c1CC(OC(=O)CCC(=O)[O-])C2.[K+]. The van der Waals surface area contributed by atoms with Gasteiger partial charge in [-0.2, -0.15) is 0 Å². The molecule has 11 nitrogen and oxygen atoms in total. The standard InChI is InChI=1S/C27H33Cl2N3O8.K/c1-14(2)30-26(36)38-12-18-19(13-39-27(37)31-15(3)4)25(16-5-6-20(28)21(29)9-16)32-11-17(10-22(18)32)40-24(35)8-7-23(33)34;/h5-6,9,14-15,17H,7-8,10-13H2,1-4H3,(H,30,36)(H,31,37)(H,33,34);/q;+1/p-1. The van der Waals surface area contributed by atoms with Crippen molar-refractivity contribution in [2.45, 2.75) is 84.9 Å². The number of aliphatic carboxylic acids is 1. The summed E-state index contributed by atoms with van der Waals surface area (Å²) in [7, 11) is 0. The van der Waals surface area contributed by atoms with E-state index in [-0.39, 0.29) is 96.1 Å². The second-order valence-corrected chi connectivity index (χ2v) is 10.7. The van der Waals surface area contributed by atoms with Crippen molar-refractivity contribution in [1.82, 2.24) is 15.2 Å². The Labute approximate surface area is 291 Å². The third-order valence-electron chi connectivity index (χ3n) is 5.93. The van der Waals surface area contributed by atoms with Gasteiger partial charge in [0.1, 0.15) is 19.3 Å². The third kappa shape index (κ3) is 10.2. The molecule has 2 heterocycles. The molecule has 2 aromatic rings. The molecule has 0 saturated carbocycles. The van der Waals surface area contributed by atoms with Gasteiger partial charge in [0.2, 0.25) is 0 Å². The Morgan fingerprint density at radius 3 is 2.07 bits per heavy atom. The van der Waals surface area contributed by atoms with E-state index in [0.717, 1.165) is 0 Å². The number of ether oxygens (including phenoxy) is 3. The largest absolute Gasteiger partial charge is 1.00 e. The van der Waals surface area contributed by atoms with E-state index in [2.05, 4.69) is 10.6 Å². The number of nitrogens with one attached hydrogen (secondary N) is 2. The number of halogens is 2. The Hall–Kier alpha value is -1.80. The Morgan fingerprint density at radius 2 is 1.54 bits per heavy atom. The normalized spacial score (nSPS) is 13.8. The van der Waals surface area contributed by atoms with Gasteiger partial charge in [0.15, 0.2) is 0 Å². The van der Waals surface area contributed by atoms with Gasteiger partial charge in [0.25, 0.3) is 0 Å². The number of carbonyl (C=O) groups excluding carboxylic acids is 4. The van der Waals surface area contributed by atoms with Crippen molar-refractivity contribution in [3.05, 3.63) is 45.1 Å². The van der Waals surface area contributed by atoms with Crippen molar-refractivity contribution in [1.29, 1.82) is 0 Å². The molecule has 0 bridgehead atoms. The summed E-state index contributed by atoms with van der Waals surface area (Å²) in [6.07, 6.45) is -2.36. The molecule has 1 aromatic heterocycles. The van der Waals surface area contributed by atoms with Crippen LogP contribution in [-0.2, 0) is 50.0 Å². The molecule has 0 aliphatic carbocycles. The van der Waals surface area contributed by atoms with Crippen LogP contribution in [0.4, 0.5) is 9.59 Å². The Bertz CT molecular complexity index is 1280. The van der Waals surface area contributed by atoms with Crippen LogP contribution in [-0.4, -0.2) is 46.9 Å². The molecule has 0 fully saturated rings. The zero-order valence-corrected chi connectivity index (χ0v) is 28.3. The van der Waals surface area contributed by atoms with Gasteiger partial charge < -0.3 is 39.3 Å². The third-order valence-corrected chi connectivity index (χ3v) is 6.67. The van der Waals surface area contributed by atoms with Crippen molar-refractivity contribution in [2.75, 3.05) is 0 Å². The number of carboxylic acids is 1. The number of benzene rings is 1. The van der Waals surface area contributed by atoms with Crippen molar-refractivity contribution in [3.63, 3.8) is 0 Å². The predicted octanol–water partition coefficient (Wildman–Crippen LogP) is 0.733. The topological polar surface area (TPSA) is 148 Å². The number of rotatable bonds is 11. The van der Waals surface area contributed by atoms with Gasteiger partial charge in [0, 0.05) is 46.9 Å². The molecule has 0 spiro atoms. The molecule has 218 valence electrons. The van der Waals surface area contributed by atoms with Gasteiger partial charge in [-0.1, -0.05) is 29.3 Å². The maximum atomic E-state index is 12.4. The predicted molar refractivity (Wildman–Crippen MR) is 145 cm³/mol. The van der Waals surface area contributed by atoms with Crippen molar-refractivity contribution < 1.29 is 89.9 Å². The fraction of sp³-hybridized carbons (Fsp3) is 0.481. The molecule has 14 heteroatoms. The molecule has 3 rings (SSSR count). The minimum atomic E-state index is -1.35. The average Bonchev–Trinajstić information content (AvgIpc) is 3.36. The number of hydrogen-bond donors (Lipinski definition) is 2. The second-order valence-electron chi connectivity index (χ2n) is 9.93. The maximum Gasteiger partial charge on any atom is 1.00 e. The zero-order chi connectivity index (χ0) is 29.6. The smallest absolute Gasteiger partial charge is 0.550 e. The van der Waals surface area contributed by atoms with E-state index >= 15 is 0 Å². The van der Waals surface area contributed by atoms with E-state index in [1.807, 2.05) is 4.57 Å². The number of carbonyl (C=O) groups is 4. The van der Waals surface area contributed by atoms with Crippen LogP contribution in [0.15, 0.2) is 18.2 Å². The second kappa shape index (κ2) is 16.2. The van der Waals surface area contributed by atoms with Gasteiger partial charge in [-0.25, -0.2) is 9.59 Å². The fourth-order valence-electron chi connectivity index (χ4n) is 4.35. The van der Waals surface area contributed by atoms with Gasteiger partial charge in [0.05, 0.1) is 28.7 Å². The van der Waals surface area contributed by atoms with Crippen LogP contribution < -0.4 is 67.1 Å². The van der Waals surface area contributed by atoms with Crippen LogP contribution in [0.2, 0.25) is 10.0 Å². The molecule has 1 aliphatic heterocycles.